The van der Waals surface area contributed by atoms with Gasteiger partial charge in [-0.3, -0.25) is 4.79 Å². The minimum absolute atomic E-state index is 0. The number of carbonyl (C=O) groups is 2. The van der Waals surface area contributed by atoms with Crippen LogP contribution in [0.4, 0.5) is 0 Å². The number of benzene rings is 2. The molecule has 29 heavy (non-hydrogen) atoms. The number of hydrogen-bond acceptors (Lipinski definition) is 5. The molecule has 0 aliphatic carbocycles. The van der Waals surface area contributed by atoms with E-state index < -0.39 is 18.0 Å². The molecule has 0 bridgehead atoms. The third kappa shape index (κ3) is 3.72. The summed E-state index contributed by atoms with van der Waals surface area (Å²) in [6.07, 6.45) is 2.67. The summed E-state index contributed by atoms with van der Waals surface area (Å²) >= 11 is 0. The van der Waals surface area contributed by atoms with Crippen LogP contribution < -0.4 is 56.5 Å². The van der Waals surface area contributed by atoms with Gasteiger partial charge in [-0.1, -0.05) is 24.3 Å². The molecule has 1 fully saturated rings. The van der Waals surface area contributed by atoms with E-state index in [0.29, 0.717) is 12.0 Å². The Kier molecular flexibility index (Phi) is 6.44. The van der Waals surface area contributed by atoms with Gasteiger partial charge in [-0.15, -0.1) is 0 Å². The molecular weight excluding hydrogens is 395 g/mol. The van der Waals surface area contributed by atoms with Crippen molar-refractivity contribution < 1.29 is 71.2 Å². The number of aliphatic carboxylic acids is 1. The largest absolute Gasteiger partial charge is 1.00 e. The van der Waals surface area contributed by atoms with Gasteiger partial charge in [-0.25, -0.2) is 0 Å². The number of allylic oxidation sites excluding steroid dienone is 1. The molecule has 0 aromatic heterocycles. The molecule has 1 amide bonds. The minimum atomic E-state index is -1.38. The van der Waals surface area contributed by atoms with Gasteiger partial charge >= 0.3 is 51.4 Å². The first-order chi connectivity index (χ1) is 13.4. The van der Waals surface area contributed by atoms with E-state index in [1.165, 1.54) is 11.0 Å². The van der Waals surface area contributed by atoms with E-state index in [4.69, 9.17) is 5.26 Å². The van der Waals surface area contributed by atoms with E-state index in [1.807, 2.05) is 42.5 Å². The summed E-state index contributed by atoms with van der Waals surface area (Å²) in [5, 5.41) is 32.1. The van der Waals surface area contributed by atoms with E-state index in [0.717, 1.165) is 21.9 Å². The molecule has 2 aliphatic rings. The summed E-state index contributed by atoms with van der Waals surface area (Å²) in [6.45, 7) is 1.55. The van der Waals surface area contributed by atoms with Crippen molar-refractivity contribution in [1.29, 1.82) is 5.26 Å². The Morgan fingerprint density at radius 3 is 2.66 bits per heavy atom. The average molecular weight is 412 g/mol. The molecule has 2 aliphatic heterocycles. The summed E-state index contributed by atoms with van der Waals surface area (Å²) in [7, 11) is 0. The number of hydrogen-bond donors (Lipinski definition) is 1. The summed E-state index contributed by atoms with van der Waals surface area (Å²) < 4.78 is 0. The fourth-order valence-electron chi connectivity index (χ4n) is 4.21. The number of rotatable bonds is 4. The summed E-state index contributed by atoms with van der Waals surface area (Å²) in [6, 6.07) is 12.9. The second kappa shape index (κ2) is 8.52. The van der Waals surface area contributed by atoms with Crippen molar-refractivity contribution in [2.24, 2.45) is 5.92 Å². The summed E-state index contributed by atoms with van der Waals surface area (Å²) in [5.74, 6) is -2.34. The van der Waals surface area contributed by atoms with Gasteiger partial charge in [0.05, 0.1) is 35.8 Å². The molecule has 0 unspecified atom stereocenters. The first-order valence-electron chi connectivity index (χ1n) is 8.98. The molecule has 2 aromatic carbocycles. The predicted molar refractivity (Wildman–Crippen MR) is 101 cm³/mol. The molecule has 0 saturated carbocycles. The van der Waals surface area contributed by atoms with Crippen molar-refractivity contribution in [3.63, 3.8) is 0 Å². The maximum Gasteiger partial charge on any atom is 1.00 e. The monoisotopic (exact) mass is 412 g/mol. The Hall–Kier alpha value is -1.79. The number of aliphatic hydroxyl groups is 1. The van der Waals surface area contributed by atoms with Crippen molar-refractivity contribution >= 4 is 34.3 Å². The number of β-lactam (4-membered cyclic amide) rings is 1. The van der Waals surface area contributed by atoms with Gasteiger partial charge in [0.1, 0.15) is 0 Å². The predicted octanol–water partition coefficient (Wildman–Crippen LogP) is -1.55. The van der Waals surface area contributed by atoms with Crippen molar-refractivity contribution in [3.05, 3.63) is 59.3 Å². The fraction of sp³-hybridized carbons (Fsp3) is 0.227. The molecule has 4 rings (SSSR count). The van der Waals surface area contributed by atoms with Gasteiger partial charge in [-0.2, -0.15) is 5.26 Å². The second-order valence-electron chi connectivity index (χ2n) is 7.14. The topological polar surface area (TPSA) is 104 Å². The number of nitrogens with zero attached hydrogens (tertiary/aromatic N) is 2. The van der Waals surface area contributed by atoms with Crippen LogP contribution in [-0.4, -0.2) is 34.0 Å². The summed E-state index contributed by atoms with van der Waals surface area (Å²) in [5.41, 5.74) is 2.07. The van der Waals surface area contributed by atoms with E-state index in [9.17, 15) is 19.8 Å². The molecule has 3 atom stereocenters. The summed E-state index contributed by atoms with van der Waals surface area (Å²) in [4.78, 5) is 25.3. The van der Waals surface area contributed by atoms with Crippen LogP contribution in [0.1, 0.15) is 24.5 Å². The van der Waals surface area contributed by atoms with Crippen molar-refractivity contribution in [2.45, 2.75) is 25.5 Å². The van der Waals surface area contributed by atoms with Gasteiger partial charge in [0.15, 0.2) is 0 Å². The number of carboxylic acid groups (broad SMARTS) is 1. The number of amides is 1. The standard InChI is InChI=1S/C22H18N2O4.K/c1-12(25)19-18-11-17(20(22(27)28)24(18)21(19)26)16-7-6-14-9-13(3-2-8-23)4-5-15(14)10-16;/h2-7,9-10,12,18-19,25H,11H2,1H3,(H,27,28);/q;+1/p-1/b3-2+;/t12-,18-,19-;/m1./s1. The molecule has 2 aromatic rings. The molecule has 1 saturated heterocycles. The van der Waals surface area contributed by atoms with E-state index in [1.54, 1.807) is 13.0 Å². The third-order valence-electron chi connectivity index (χ3n) is 5.48. The molecule has 0 spiro atoms. The molecule has 0 radical (unpaired) electrons. The average Bonchev–Trinajstić information content (AvgIpc) is 3.00. The SMILES string of the molecule is C[C@@H](O)[C@H]1C(=O)N2C(C(=O)[O-])=C(c3ccc4cc(/C=C/C#N)ccc4c3)C[C@H]12.[K+]. The van der Waals surface area contributed by atoms with Crippen LogP contribution in [0.5, 0.6) is 0 Å². The van der Waals surface area contributed by atoms with Crippen LogP contribution in [0.15, 0.2) is 48.2 Å². The van der Waals surface area contributed by atoms with Gasteiger partial charge in [0.25, 0.3) is 0 Å². The van der Waals surface area contributed by atoms with Gasteiger partial charge in [0.2, 0.25) is 5.91 Å². The molecule has 6 nitrogen and oxygen atoms in total. The molecular formula is C22H17KN2O4. The van der Waals surface area contributed by atoms with Crippen LogP contribution >= 0.6 is 0 Å². The Balaban J connectivity index is 0.00000240. The first kappa shape index (κ1) is 21.9. The molecule has 2 heterocycles. The second-order valence-corrected chi connectivity index (χ2v) is 7.14. The quantitative estimate of drug-likeness (QED) is 0.372. The van der Waals surface area contributed by atoms with Crippen molar-refractivity contribution in [3.8, 4) is 6.07 Å². The Bertz CT molecular complexity index is 1110. The number of nitriles is 1. The van der Waals surface area contributed by atoms with E-state index in [2.05, 4.69) is 0 Å². The Labute approximate surface area is 210 Å². The number of carboxylic acids is 1. The van der Waals surface area contributed by atoms with Gasteiger partial charge < -0.3 is 19.9 Å². The zero-order chi connectivity index (χ0) is 20.0. The van der Waals surface area contributed by atoms with Crippen LogP contribution in [0.25, 0.3) is 22.4 Å². The Morgan fingerprint density at radius 2 is 2.00 bits per heavy atom. The minimum Gasteiger partial charge on any atom is -0.543 e. The van der Waals surface area contributed by atoms with Crippen LogP contribution in [0, 0.1) is 17.2 Å². The zero-order valence-electron chi connectivity index (χ0n) is 16.1. The van der Waals surface area contributed by atoms with Gasteiger partial charge in [-0.05, 0) is 59.0 Å². The van der Waals surface area contributed by atoms with Crippen molar-refractivity contribution in [1.82, 2.24) is 4.90 Å². The normalized spacial score (nSPS) is 21.6. The molecule has 140 valence electrons. The molecule has 7 heteroatoms. The van der Waals surface area contributed by atoms with Crippen LogP contribution in [0.2, 0.25) is 0 Å². The van der Waals surface area contributed by atoms with Gasteiger partial charge in [0, 0.05) is 6.08 Å². The third-order valence-corrected chi connectivity index (χ3v) is 5.48. The van der Waals surface area contributed by atoms with Crippen LogP contribution in [-0.2, 0) is 9.59 Å². The maximum absolute atomic E-state index is 12.3. The molecule has 1 N–H and O–H groups in total. The smallest absolute Gasteiger partial charge is 0.543 e. The number of fused-ring (bicyclic) bond motifs is 2. The van der Waals surface area contributed by atoms with Crippen molar-refractivity contribution in [2.75, 3.05) is 0 Å². The van der Waals surface area contributed by atoms with E-state index in [-0.39, 0.29) is 69.0 Å². The number of aliphatic hydroxyl groups excluding tert-OH is 1. The maximum atomic E-state index is 12.3. The van der Waals surface area contributed by atoms with Crippen LogP contribution in [0.3, 0.4) is 0 Å². The zero-order valence-corrected chi connectivity index (χ0v) is 19.2. The number of carbonyl (C=O) groups excluding carboxylic acids is 2. The fourth-order valence-corrected chi connectivity index (χ4v) is 4.21. The Morgan fingerprint density at radius 1 is 1.31 bits per heavy atom. The first-order valence-corrected chi connectivity index (χ1v) is 8.98. The van der Waals surface area contributed by atoms with E-state index >= 15 is 0 Å².